The Morgan fingerprint density at radius 2 is 1.62 bits per heavy atom. The van der Waals surface area contributed by atoms with Crippen LogP contribution < -0.4 is 14.4 Å². The maximum atomic E-state index is 5.97. The number of anilines is 1. The van der Waals surface area contributed by atoms with Crippen molar-refractivity contribution in [2.75, 3.05) is 45.3 Å². The predicted octanol–water partition coefficient (Wildman–Crippen LogP) is 3.64. The van der Waals surface area contributed by atoms with Crippen LogP contribution in [0.5, 0.6) is 11.5 Å². The van der Waals surface area contributed by atoms with Gasteiger partial charge < -0.3 is 18.8 Å². The van der Waals surface area contributed by atoms with Crippen molar-refractivity contribution in [3.8, 4) is 23.0 Å². The number of rotatable bonds is 6. The molecule has 2 heterocycles. The molecular formula is C22H26N4O3. The zero-order chi connectivity index (χ0) is 20.2. The van der Waals surface area contributed by atoms with Crippen molar-refractivity contribution in [1.82, 2.24) is 15.1 Å². The van der Waals surface area contributed by atoms with Crippen LogP contribution in [-0.2, 0) is 0 Å². The summed E-state index contributed by atoms with van der Waals surface area (Å²) in [4.78, 5) is 4.73. The molecule has 7 nitrogen and oxygen atoms in total. The Morgan fingerprint density at radius 1 is 0.897 bits per heavy atom. The van der Waals surface area contributed by atoms with Crippen molar-refractivity contribution in [2.24, 2.45) is 0 Å². The molecule has 3 aromatic rings. The molecule has 1 saturated heterocycles. The van der Waals surface area contributed by atoms with Crippen LogP contribution >= 0.6 is 0 Å². The van der Waals surface area contributed by atoms with Gasteiger partial charge in [0.15, 0.2) is 0 Å². The summed E-state index contributed by atoms with van der Waals surface area (Å²) in [7, 11) is 3.36. The lowest BCUT2D eigenvalue weighted by Crippen LogP contribution is -2.47. The molecule has 1 fully saturated rings. The molecule has 0 N–H and O–H groups in total. The van der Waals surface area contributed by atoms with Crippen LogP contribution in [0.2, 0.25) is 0 Å². The lowest BCUT2D eigenvalue weighted by Gasteiger charge is -2.38. The number of piperazine rings is 1. The Morgan fingerprint density at radius 3 is 2.31 bits per heavy atom. The van der Waals surface area contributed by atoms with E-state index in [0.717, 1.165) is 48.9 Å². The second-order valence-corrected chi connectivity index (χ2v) is 7.04. The van der Waals surface area contributed by atoms with Gasteiger partial charge >= 0.3 is 0 Å². The second kappa shape index (κ2) is 8.53. The van der Waals surface area contributed by atoms with E-state index in [1.807, 2.05) is 42.5 Å². The van der Waals surface area contributed by atoms with E-state index in [9.17, 15) is 0 Å². The molecule has 0 aliphatic carbocycles. The van der Waals surface area contributed by atoms with Crippen molar-refractivity contribution < 1.29 is 13.9 Å². The maximum Gasteiger partial charge on any atom is 0.247 e. The van der Waals surface area contributed by atoms with Crippen LogP contribution in [0.4, 0.5) is 5.69 Å². The summed E-state index contributed by atoms with van der Waals surface area (Å²) in [6.45, 7) is 5.79. The first-order valence-electron chi connectivity index (χ1n) is 9.79. The smallest absolute Gasteiger partial charge is 0.247 e. The quantitative estimate of drug-likeness (QED) is 0.632. The van der Waals surface area contributed by atoms with Gasteiger partial charge in [0, 0.05) is 31.7 Å². The van der Waals surface area contributed by atoms with Gasteiger partial charge in [0.25, 0.3) is 0 Å². The van der Waals surface area contributed by atoms with Crippen LogP contribution in [0, 0.1) is 0 Å². The molecule has 1 atom stereocenters. The van der Waals surface area contributed by atoms with Gasteiger partial charge in [0.1, 0.15) is 11.5 Å². The Kier molecular flexibility index (Phi) is 5.67. The number of para-hydroxylation sites is 2. The second-order valence-electron chi connectivity index (χ2n) is 7.04. The minimum atomic E-state index is 0.0642. The highest BCUT2D eigenvalue weighted by Gasteiger charge is 2.26. The molecule has 29 heavy (non-hydrogen) atoms. The molecule has 1 aromatic heterocycles. The van der Waals surface area contributed by atoms with Crippen molar-refractivity contribution in [3.63, 3.8) is 0 Å². The Bertz CT molecular complexity index is 933. The average molecular weight is 394 g/mol. The summed E-state index contributed by atoms with van der Waals surface area (Å²) in [6, 6.07) is 15.8. The maximum absolute atomic E-state index is 5.97. The van der Waals surface area contributed by atoms with E-state index in [1.165, 1.54) is 0 Å². The van der Waals surface area contributed by atoms with Gasteiger partial charge in [-0.25, -0.2) is 0 Å². The van der Waals surface area contributed by atoms with Crippen LogP contribution in [0.1, 0.15) is 18.9 Å². The van der Waals surface area contributed by atoms with E-state index < -0.39 is 0 Å². The van der Waals surface area contributed by atoms with E-state index >= 15 is 0 Å². The van der Waals surface area contributed by atoms with Crippen LogP contribution in [0.3, 0.4) is 0 Å². The highest BCUT2D eigenvalue weighted by molar-refractivity contribution is 5.58. The number of nitrogens with zero attached hydrogens (tertiary/aromatic N) is 4. The number of hydrogen-bond donors (Lipinski definition) is 0. The monoisotopic (exact) mass is 394 g/mol. The van der Waals surface area contributed by atoms with Crippen LogP contribution in [0.25, 0.3) is 11.5 Å². The van der Waals surface area contributed by atoms with Gasteiger partial charge in [-0.05, 0) is 43.3 Å². The Labute approximate surface area is 170 Å². The molecule has 1 aliphatic heterocycles. The number of benzene rings is 2. The average Bonchev–Trinajstić information content (AvgIpc) is 3.29. The SMILES string of the molecule is COc1ccc(-c2nnc([C@H](C)N3CCN(c4ccccc4OC)CC3)o2)cc1. The summed E-state index contributed by atoms with van der Waals surface area (Å²) < 4.78 is 16.7. The minimum absolute atomic E-state index is 0.0642. The van der Waals surface area contributed by atoms with Crippen molar-refractivity contribution in [2.45, 2.75) is 13.0 Å². The van der Waals surface area contributed by atoms with Gasteiger partial charge in [-0.3, -0.25) is 4.90 Å². The van der Waals surface area contributed by atoms with Gasteiger partial charge in [-0.1, -0.05) is 12.1 Å². The van der Waals surface area contributed by atoms with E-state index in [-0.39, 0.29) is 6.04 Å². The van der Waals surface area contributed by atoms with Crippen LogP contribution in [-0.4, -0.2) is 55.5 Å². The Hall–Kier alpha value is -3.06. The third kappa shape index (κ3) is 4.05. The normalized spacial score (nSPS) is 15.9. The summed E-state index contributed by atoms with van der Waals surface area (Å²) in [5, 5.41) is 8.52. The first kappa shape index (κ1) is 19.3. The zero-order valence-corrected chi connectivity index (χ0v) is 17.0. The van der Waals surface area contributed by atoms with Crippen LogP contribution in [0.15, 0.2) is 52.9 Å². The van der Waals surface area contributed by atoms with Crippen molar-refractivity contribution >= 4 is 5.69 Å². The molecular weight excluding hydrogens is 368 g/mol. The number of hydrogen-bond acceptors (Lipinski definition) is 7. The molecule has 1 aliphatic rings. The lowest BCUT2D eigenvalue weighted by molar-refractivity contribution is 0.173. The molecule has 0 spiro atoms. The van der Waals surface area contributed by atoms with E-state index in [0.29, 0.717) is 11.8 Å². The first-order chi connectivity index (χ1) is 14.2. The standard InChI is InChI=1S/C22H26N4O3/c1-16(21-23-24-22(29-21)17-8-10-18(27-2)11-9-17)25-12-14-26(15-13-25)19-6-4-5-7-20(19)28-3/h4-11,16H,12-15H2,1-3H3/t16-/m0/s1. The third-order valence-electron chi connectivity index (χ3n) is 5.42. The fraction of sp³-hybridized carbons (Fsp3) is 0.364. The summed E-state index contributed by atoms with van der Waals surface area (Å²) in [5.41, 5.74) is 2.03. The van der Waals surface area contributed by atoms with Gasteiger partial charge in [0.2, 0.25) is 11.8 Å². The molecule has 0 unspecified atom stereocenters. The molecule has 0 radical (unpaired) electrons. The highest BCUT2D eigenvalue weighted by Crippen LogP contribution is 2.30. The zero-order valence-electron chi connectivity index (χ0n) is 17.0. The van der Waals surface area contributed by atoms with Gasteiger partial charge in [-0.2, -0.15) is 0 Å². The fourth-order valence-electron chi connectivity index (χ4n) is 3.65. The minimum Gasteiger partial charge on any atom is -0.497 e. The molecule has 0 bridgehead atoms. The third-order valence-corrected chi connectivity index (χ3v) is 5.42. The van der Waals surface area contributed by atoms with E-state index in [4.69, 9.17) is 13.9 Å². The van der Waals surface area contributed by atoms with E-state index in [2.05, 4.69) is 33.0 Å². The summed E-state index contributed by atoms with van der Waals surface area (Å²) in [5.74, 6) is 2.88. The number of aromatic nitrogens is 2. The molecule has 2 aromatic carbocycles. The van der Waals surface area contributed by atoms with Crippen molar-refractivity contribution in [3.05, 3.63) is 54.4 Å². The summed E-state index contributed by atoms with van der Waals surface area (Å²) >= 11 is 0. The largest absolute Gasteiger partial charge is 0.497 e. The van der Waals surface area contributed by atoms with Gasteiger partial charge in [-0.15, -0.1) is 10.2 Å². The van der Waals surface area contributed by atoms with E-state index in [1.54, 1.807) is 14.2 Å². The highest BCUT2D eigenvalue weighted by atomic mass is 16.5. The fourth-order valence-corrected chi connectivity index (χ4v) is 3.65. The molecule has 4 rings (SSSR count). The first-order valence-corrected chi connectivity index (χ1v) is 9.79. The lowest BCUT2D eigenvalue weighted by atomic mass is 10.2. The topological polar surface area (TPSA) is 63.9 Å². The number of methoxy groups -OCH3 is 2. The molecule has 7 heteroatoms. The number of ether oxygens (including phenoxy) is 2. The van der Waals surface area contributed by atoms with Gasteiger partial charge in [0.05, 0.1) is 25.9 Å². The Balaban J connectivity index is 1.41. The predicted molar refractivity (Wildman–Crippen MR) is 111 cm³/mol. The molecule has 152 valence electrons. The molecule has 0 amide bonds. The summed E-state index contributed by atoms with van der Waals surface area (Å²) in [6.07, 6.45) is 0. The molecule has 0 saturated carbocycles. The van der Waals surface area contributed by atoms with Crippen molar-refractivity contribution in [1.29, 1.82) is 0 Å².